The molecular formula is C21H25N5O2. The molecule has 0 saturated carbocycles. The SMILES string of the molecule is Cc1c(C(=O)N2CCc3nnc([C@@H]4CCCCN4)n3CC2)oc2ccccc12. The molecule has 1 N–H and O–H groups in total. The summed E-state index contributed by atoms with van der Waals surface area (Å²) < 4.78 is 8.11. The Morgan fingerprint density at radius 1 is 1.18 bits per heavy atom. The average Bonchev–Trinajstić information content (AvgIpc) is 3.22. The van der Waals surface area contributed by atoms with Gasteiger partial charge in [-0.2, -0.15) is 0 Å². The summed E-state index contributed by atoms with van der Waals surface area (Å²) in [6, 6.07) is 8.08. The van der Waals surface area contributed by atoms with Crippen LogP contribution in [0.3, 0.4) is 0 Å². The Labute approximate surface area is 163 Å². The number of hydrogen-bond donors (Lipinski definition) is 1. The van der Waals surface area contributed by atoms with Crippen LogP contribution in [0.4, 0.5) is 0 Å². The van der Waals surface area contributed by atoms with Crippen molar-refractivity contribution >= 4 is 16.9 Å². The quantitative estimate of drug-likeness (QED) is 0.741. The number of amides is 1. The van der Waals surface area contributed by atoms with E-state index >= 15 is 0 Å². The highest BCUT2D eigenvalue weighted by atomic mass is 16.3. The van der Waals surface area contributed by atoms with E-state index in [0.29, 0.717) is 25.3 Å². The highest BCUT2D eigenvalue weighted by molar-refractivity contribution is 5.98. The minimum absolute atomic E-state index is 0.0373. The first-order chi connectivity index (χ1) is 13.7. The molecule has 0 aliphatic carbocycles. The molecule has 7 heteroatoms. The summed E-state index contributed by atoms with van der Waals surface area (Å²) in [5, 5.41) is 13.4. The van der Waals surface area contributed by atoms with E-state index in [-0.39, 0.29) is 11.9 Å². The molecule has 1 fully saturated rings. The Morgan fingerprint density at radius 3 is 2.89 bits per heavy atom. The normalized spacial score (nSPS) is 20.2. The number of piperidine rings is 1. The molecule has 2 aliphatic rings. The molecule has 1 saturated heterocycles. The van der Waals surface area contributed by atoms with Crippen LogP contribution in [0.25, 0.3) is 11.0 Å². The molecule has 5 rings (SSSR count). The van der Waals surface area contributed by atoms with Crippen LogP contribution in [-0.2, 0) is 13.0 Å². The van der Waals surface area contributed by atoms with Crippen LogP contribution in [0.15, 0.2) is 28.7 Å². The van der Waals surface area contributed by atoms with Crippen molar-refractivity contribution in [3.63, 3.8) is 0 Å². The summed E-state index contributed by atoms with van der Waals surface area (Å²) in [5.74, 6) is 2.40. The van der Waals surface area contributed by atoms with Gasteiger partial charge in [-0.3, -0.25) is 4.79 Å². The Kier molecular flexibility index (Phi) is 4.39. The van der Waals surface area contributed by atoms with Crippen LogP contribution in [0.2, 0.25) is 0 Å². The van der Waals surface area contributed by atoms with Gasteiger partial charge in [-0.15, -0.1) is 10.2 Å². The lowest BCUT2D eigenvalue weighted by Crippen LogP contribution is -2.34. The number of nitrogens with one attached hydrogen (secondary N) is 1. The third-order valence-corrected chi connectivity index (χ3v) is 6.00. The number of para-hydroxylation sites is 1. The molecule has 0 unspecified atom stereocenters. The van der Waals surface area contributed by atoms with Gasteiger partial charge in [0, 0.05) is 37.0 Å². The number of furan rings is 1. The van der Waals surface area contributed by atoms with Gasteiger partial charge < -0.3 is 19.2 Å². The van der Waals surface area contributed by atoms with Gasteiger partial charge in [0.15, 0.2) is 5.76 Å². The Morgan fingerprint density at radius 2 is 2.07 bits per heavy atom. The summed E-state index contributed by atoms with van der Waals surface area (Å²) in [4.78, 5) is 15.1. The molecule has 2 aromatic heterocycles. The second kappa shape index (κ2) is 7.05. The lowest BCUT2D eigenvalue weighted by molar-refractivity contribution is 0.0728. The van der Waals surface area contributed by atoms with Crippen molar-refractivity contribution in [2.45, 2.75) is 45.2 Å². The van der Waals surface area contributed by atoms with Gasteiger partial charge in [-0.25, -0.2) is 0 Å². The highest BCUT2D eigenvalue weighted by Crippen LogP contribution is 2.27. The van der Waals surface area contributed by atoms with Crippen molar-refractivity contribution in [3.8, 4) is 0 Å². The van der Waals surface area contributed by atoms with Gasteiger partial charge in [-0.05, 0) is 32.4 Å². The van der Waals surface area contributed by atoms with Crippen LogP contribution in [-0.4, -0.2) is 45.2 Å². The van der Waals surface area contributed by atoms with E-state index in [1.54, 1.807) is 0 Å². The maximum atomic E-state index is 13.2. The molecule has 1 atom stereocenters. The second-order valence-electron chi connectivity index (χ2n) is 7.72. The Bertz CT molecular complexity index is 1020. The largest absolute Gasteiger partial charge is 0.451 e. The summed E-state index contributed by atoms with van der Waals surface area (Å²) in [6.45, 7) is 4.98. The van der Waals surface area contributed by atoms with Gasteiger partial charge in [0.25, 0.3) is 5.91 Å². The van der Waals surface area contributed by atoms with Gasteiger partial charge in [0.1, 0.15) is 17.2 Å². The van der Waals surface area contributed by atoms with Crippen molar-refractivity contribution in [1.29, 1.82) is 0 Å². The first-order valence-corrected chi connectivity index (χ1v) is 10.1. The van der Waals surface area contributed by atoms with Crippen LogP contribution >= 0.6 is 0 Å². The van der Waals surface area contributed by atoms with Crippen molar-refractivity contribution in [3.05, 3.63) is 47.2 Å². The van der Waals surface area contributed by atoms with Crippen molar-refractivity contribution in [1.82, 2.24) is 25.0 Å². The zero-order valence-electron chi connectivity index (χ0n) is 16.1. The van der Waals surface area contributed by atoms with Gasteiger partial charge >= 0.3 is 0 Å². The summed E-state index contributed by atoms with van der Waals surface area (Å²) in [5.41, 5.74) is 1.68. The zero-order chi connectivity index (χ0) is 19.1. The number of benzene rings is 1. The lowest BCUT2D eigenvalue weighted by Gasteiger charge is -2.23. The third kappa shape index (κ3) is 2.90. The van der Waals surface area contributed by atoms with Gasteiger partial charge in [0.2, 0.25) is 0 Å². The molecule has 28 heavy (non-hydrogen) atoms. The standard InChI is InChI=1S/C21H25N5O2/c1-14-15-6-2-3-8-17(15)28-19(14)21(27)25-11-9-18-23-24-20(26(18)13-12-25)16-7-4-5-10-22-16/h2-3,6,8,16,22H,4-5,7,9-13H2,1H3/t16-/m0/s1. The topological polar surface area (TPSA) is 76.2 Å². The number of nitrogens with zero attached hydrogens (tertiary/aromatic N) is 4. The molecule has 1 amide bonds. The maximum absolute atomic E-state index is 13.2. The van der Waals surface area contributed by atoms with E-state index in [4.69, 9.17) is 4.42 Å². The minimum Gasteiger partial charge on any atom is -0.451 e. The molecule has 0 spiro atoms. The summed E-state index contributed by atoms with van der Waals surface area (Å²) >= 11 is 0. The molecule has 2 aliphatic heterocycles. The fourth-order valence-electron chi connectivity index (χ4n) is 4.40. The average molecular weight is 379 g/mol. The Balaban J connectivity index is 1.37. The van der Waals surface area contributed by atoms with Crippen molar-refractivity contribution < 1.29 is 9.21 Å². The number of hydrogen-bond acceptors (Lipinski definition) is 5. The predicted octanol–water partition coefficient (Wildman–Crippen LogP) is 2.85. The van der Waals surface area contributed by atoms with E-state index in [2.05, 4.69) is 20.1 Å². The van der Waals surface area contributed by atoms with Crippen LogP contribution in [0.1, 0.15) is 53.1 Å². The van der Waals surface area contributed by atoms with Crippen LogP contribution in [0, 0.1) is 6.92 Å². The monoisotopic (exact) mass is 379 g/mol. The highest BCUT2D eigenvalue weighted by Gasteiger charge is 2.28. The first-order valence-electron chi connectivity index (χ1n) is 10.1. The lowest BCUT2D eigenvalue weighted by atomic mass is 10.0. The number of aryl methyl sites for hydroxylation is 1. The van der Waals surface area contributed by atoms with Crippen LogP contribution in [0.5, 0.6) is 0 Å². The number of aromatic nitrogens is 3. The van der Waals surface area contributed by atoms with Crippen LogP contribution < -0.4 is 5.32 Å². The molecule has 1 aromatic carbocycles. The van der Waals surface area contributed by atoms with Crippen molar-refractivity contribution in [2.24, 2.45) is 0 Å². The number of rotatable bonds is 2. The molecule has 0 radical (unpaired) electrons. The number of carbonyl (C=O) groups excluding carboxylic acids is 1. The van der Waals surface area contributed by atoms with E-state index in [9.17, 15) is 4.79 Å². The predicted molar refractivity (Wildman–Crippen MR) is 105 cm³/mol. The summed E-state index contributed by atoms with van der Waals surface area (Å²) in [7, 11) is 0. The second-order valence-corrected chi connectivity index (χ2v) is 7.72. The molecule has 3 aromatic rings. The van der Waals surface area contributed by atoms with Gasteiger partial charge in [-0.1, -0.05) is 24.6 Å². The van der Waals surface area contributed by atoms with Crippen molar-refractivity contribution in [2.75, 3.05) is 19.6 Å². The van der Waals surface area contributed by atoms with Gasteiger partial charge in [0.05, 0.1) is 6.04 Å². The molecule has 146 valence electrons. The van der Waals surface area contributed by atoms with E-state index in [1.807, 2.05) is 36.1 Å². The Hall–Kier alpha value is -2.67. The molecule has 7 nitrogen and oxygen atoms in total. The molecule has 0 bridgehead atoms. The zero-order valence-corrected chi connectivity index (χ0v) is 16.1. The molecule has 4 heterocycles. The first kappa shape index (κ1) is 17.4. The third-order valence-electron chi connectivity index (χ3n) is 6.00. The maximum Gasteiger partial charge on any atom is 0.289 e. The summed E-state index contributed by atoms with van der Waals surface area (Å²) in [6.07, 6.45) is 4.25. The molecular weight excluding hydrogens is 354 g/mol. The number of fused-ring (bicyclic) bond motifs is 2. The minimum atomic E-state index is -0.0373. The smallest absolute Gasteiger partial charge is 0.289 e. The van der Waals surface area contributed by atoms with E-state index in [0.717, 1.165) is 47.7 Å². The van der Waals surface area contributed by atoms with E-state index < -0.39 is 0 Å². The fourth-order valence-corrected chi connectivity index (χ4v) is 4.40. The fraction of sp³-hybridized carbons (Fsp3) is 0.476. The number of carbonyl (C=O) groups is 1. The van der Waals surface area contributed by atoms with E-state index in [1.165, 1.54) is 12.8 Å².